The summed E-state index contributed by atoms with van der Waals surface area (Å²) in [6, 6.07) is 4.25. The van der Waals surface area contributed by atoms with E-state index in [1.165, 1.54) is 0 Å². The monoisotopic (exact) mass is 243 g/mol. The number of aliphatic carboxylic acids is 1. The molecule has 1 aromatic rings. The first-order valence-electron chi connectivity index (χ1n) is 4.94. The summed E-state index contributed by atoms with van der Waals surface area (Å²) >= 11 is 5.96. The highest BCUT2D eigenvalue weighted by Gasteiger charge is 2.13. The van der Waals surface area contributed by atoms with Crippen molar-refractivity contribution in [2.75, 3.05) is 6.61 Å². The fourth-order valence-electron chi connectivity index (χ4n) is 1.29. The Hall–Kier alpha value is -1.26. The van der Waals surface area contributed by atoms with Gasteiger partial charge < -0.3 is 15.6 Å². The highest BCUT2D eigenvalue weighted by Crippen LogP contribution is 2.25. The number of rotatable bonds is 5. The highest BCUT2D eigenvalue weighted by atomic mass is 35.5. The first-order valence-corrected chi connectivity index (χ1v) is 5.32. The number of carbonyl (C=O) groups is 1. The molecule has 1 atom stereocenters. The minimum Gasteiger partial charge on any atom is -0.492 e. The van der Waals surface area contributed by atoms with Crippen LogP contribution in [0.1, 0.15) is 12.5 Å². The smallest absolute Gasteiger partial charge is 0.320 e. The Morgan fingerprint density at radius 2 is 2.31 bits per heavy atom. The van der Waals surface area contributed by atoms with Crippen molar-refractivity contribution in [2.24, 2.45) is 5.73 Å². The van der Waals surface area contributed by atoms with E-state index < -0.39 is 12.0 Å². The van der Waals surface area contributed by atoms with E-state index in [0.717, 1.165) is 5.56 Å². The standard InChI is InChI=1S/C11H14ClNO3/c1-2-16-10-4-3-7(5-8(10)12)6-9(13)11(14)15/h3-5,9H,2,6,13H2,1H3,(H,14,15). The summed E-state index contributed by atoms with van der Waals surface area (Å²) in [6.07, 6.45) is 0.251. The Bertz CT molecular complexity index is 381. The lowest BCUT2D eigenvalue weighted by Crippen LogP contribution is -2.32. The lowest BCUT2D eigenvalue weighted by molar-refractivity contribution is -0.138. The number of carboxylic acid groups (broad SMARTS) is 1. The molecule has 1 unspecified atom stereocenters. The molecule has 0 bridgehead atoms. The van der Waals surface area contributed by atoms with Gasteiger partial charge in [0.25, 0.3) is 0 Å². The van der Waals surface area contributed by atoms with Gasteiger partial charge >= 0.3 is 5.97 Å². The van der Waals surface area contributed by atoms with Crippen molar-refractivity contribution in [1.82, 2.24) is 0 Å². The highest BCUT2D eigenvalue weighted by molar-refractivity contribution is 6.32. The van der Waals surface area contributed by atoms with Gasteiger partial charge in [0.1, 0.15) is 11.8 Å². The molecule has 0 aliphatic carbocycles. The first-order chi connectivity index (χ1) is 7.54. The number of hydrogen-bond acceptors (Lipinski definition) is 3. The number of benzene rings is 1. The maximum absolute atomic E-state index is 10.6. The van der Waals surface area contributed by atoms with Crippen molar-refractivity contribution < 1.29 is 14.6 Å². The number of halogens is 1. The van der Waals surface area contributed by atoms with Gasteiger partial charge in [0, 0.05) is 0 Å². The molecule has 16 heavy (non-hydrogen) atoms. The van der Waals surface area contributed by atoms with Crippen LogP contribution in [0.25, 0.3) is 0 Å². The molecule has 1 aromatic carbocycles. The van der Waals surface area contributed by atoms with Crippen molar-refractivity contribution in [3.8, 4) is 5.75 Å². The first kappa shape index (κ1) is 12.8. The summed E-state index contributed by atoms with van der Waals surface area (Å²) in [6.45, 7) is 2.40. The summed E-state index contributed by atoms with van der Waals surface area (Å²) in [7, 11) is 0. The molecule has 0 aromatic heterocycles. The molecule has 5 heteroatoms. The van der Waals surface area contributed by atoms with E-state index >= 15 is 0 Å². The lowest BCUT2D eigenvalue weighted by Gasteiger charge is -2.09. The molecule has 0 fully saturated rings. The maximum Gasteiger partial charge on any atom is 0.320 e. The minimum atomic E-state index is -1.02. The van der Waals surface area contributed by atoms with E-state index in [1.807, 2.05) is 6.92 Å². The number of nitrogens with two attached hydrogens (primary N) is 1. The van der Waals surface area contributed by atoms with Gasteiger partial charge in [-0.2, -0.15) is 0 Å². The Balaban J connectivity index is 2.77. The predicted octanol–water partition coefficient (Wildman–Crippen LogP) is 1.69. The normalized spacial score (nSPS) is 12.2. The fourth-order valence-corrected chi connectivity index (χ4v) is 1.54. The molecule has 0 saturated carbocycles. The van der Waals surface area contributed by atoms with Gasteiger partial charge in [-0.3, -0.25) is 4.79 Å². The third kappa shape index (κ3) is 3.40. The van der Waals surface area contributed by atoms with Crippen LogP contribution in [0.4, 0.5) is 0 Å². The molecule has 0 amide bonds. The summed E-state index contributed by atoms with van der Waals surface area (Å²) in [4.78, 5) is 10.6. The van der Waals surface area contributed by atoms with Crippen LogP contribution in [0.3, 0.4) is 0 Å². The van der Waals surface area contributed by atoms with Crippen molar-refractivity contribution >= 4 is 17.6 Å². The van der Waals surface area contributed by atoms with Crippen LogP contribution in [0, 0.1) is 0 Å². The van der Waals surface area contributed by atoms with Crippen molar-refractivity contribution in [3.63, 3.8) is 0 Å². The average molecular weight is 244 g/mol. The van der Waals surface area contributed by atoms with Gasteiger partial charge in [0.05, 0.1) is 11.6 Å². The largest absolute Gasteiger partial charge is 0.492 e. The van der Waals surface area contributed by atoms with Crippen LogP contribution in [0.5, 0.6) is 5.75 Å². The van der Waals surface area contributed by atoms with Gasteiger partial charge in [0.15, 0.2) is 0 Å². The molecule has 0 aliphatic rings. The van der Waals surface area contributed by atoms with Crippen LogP contribution >= 0.6 is 11.6 Å². The molecule has 0 heterocycles. The molecule has 0 saturated heterocycles. The summed E-state index contributed by atoms with van der Waals surface area (Å²) < 4.78 is 5.26. The Morgan fingerprint density at radius 3 is 2.81 bits per heavy atom. The molecular weight excluding hydrogens is 230 g/mol. The number of hydrogen-bond donors (Lipinski definition) is 2. The third-order valence-electron chi connectivity index (χ3n) is 2.07. The zero-order chi connectivity index (χ0) is 12.1. The summed E-state index contributed by atoms with van der Waals surface area (Å²) in [5.41, 5.74) is 6.20. The van der Waals surface area contributed by atoms with Crippen LogP contribution in [-0.4, -0.2) is 23.7 Å². The SMILES string of the molecule is CCOc1ccc(CC(N)C(=O)O)cc1Cl. The Kier molecular flexibility index (Phi) is 4.58. The zero-order valence-electron chi connectivity index (χ0n) is 8.94. The second-order valence-corrected chi connectivity index (χ2v) is 3.75. The Labute approximate surface area is 99.0 Å². The second-order valence-electron chi connectivity index (χ2n) is 3.35. The molecule has 3 N–H and O–H groups in total. The van der Waals surface area contributed by atoms with Crippen LogP contribution in [-0.2, 0) is 11.2 Å². The van der Waals surface area contributed by atoms with E-state index in [2.05, 4.69) is 0 Å². The van der Waals surface area contributed by atoms with Crippen LogP contribution < -0.4 is 10.5 Å². The van der Waals surface area contributed by atoms with Crippen molar-refractivity contribution in [1.29, 1.82) is 0 Å². The maximum atomic E-state index is 10.6. The van der Waals surface area contributed by atoms with Gasteiger partial charge in [-0.15, -0.1) is 0 Å². The molecule has 88 valence electrons. The van der Waals surface area contributed by atoms with E-state index in [1.54, 1.807) is 18.2 Å². The van der Waals surface area contributed by atoms with Gasteiger partial charge in [0.2, 0.25) is 0 Å². The fraction of sp³-hybridized carbons (Fsp3) is 0.364. The average Bonchev–Trinajstić information content (AvgIpc) is 2.22. The molecule has 0 radical (unpaired) electrons. The van der Waals surface area contributed by atoms with Crippen LogP contribution in [0.15, 0.2) is 18.2 Å². The van der Waals surface area contributed by atoms with E-state index in [4.69, 9.17) is 27.2 Å². The van der Waals surface area contributed by atoms with Crippen LogP contribution in [0.2, 0.25) is 5.02 Å². The molecule has 4 nitrogen and oxygen atoms in total. The summed E-state index contributed by atoms with van der Waals surface area (Å²) in [5, 5.41) is 9.14. The van der Waals surface area contributed by atoms with Gasteiger partial charge in [-0.1, -0.05) is 17.7 Å². The lowest BCUT2D eigenvalue weighted by atomic mass is 10.1. The number of carboxylic acids is 1. The van der Waals surface area contributed by atoms with Gasteiger partial charge in [-0.25, -0.2) is 0 Å². The van der Waals surface area contributed by atoms with E-state index in [0.29, 0.717) is 17.4 Å². The molecule has 0 aliphatic heterocycles. The number of ether oxygens (including phenoxy) is 1. The molecule has 0 spiro atoms. The minimum absolute atomic E-state index is 0.251. The topological polar surface area (TPSA) is 72.5 Å². The van der Waals surface area contributed by atoms with E-state index in [9.17, 15) is 4.79 Å². The van der Waals surface area contributed by atoms with Crippen molar-refractivity contribution in [2.45, 2.75) is 19.4 Å². The predicted molar refractivity (Wildman–Crippen MR) is 61.9 cm³/mol. The summed E-state index contributed by atoms with van der Waals surface area (Å²) in [5.74, 6) is -0.429. The quantitative estimate of drug-likeness (QED) is 0.826. The second kappa shape index (κ2) is 5.72. The third-order valence-corrected chi connectivity index (χ3v) is 2.36. The van der Waals surface area contributed by atoms with E-state index in [-0.39, 0.29) is 6.42 Å². The van der Waals surface area contributed by atoms with Crippen molar-refractivity contribution in [3.05, 3.63) is 28.8 Å². The molecular formula is C11H14ClNO3. The Morgan fingerprint density at radius 1 is 1.62 bits per heavy atom. The zero-order valence-corrected chi connectivity index (χ0v) is 9.70. The molecule has 1 rings (SSSR count). The van der Waals surface area contributed by atoms with Gasteiger partial charge in [-0.05, 0) is 31.0 Å².